The second kappa shape index (κ2) is 5.63. The summed E-state index contributed by atoms with van der Waals surface area (Å²) in [6, 6.07) is 0.360. The van der Waals surface area contributed by atoms with Crippen molar-refractivity contribution in [2.45, 2.75) is 51.0 Å². The van der Waals surface area contributed by atoms with Gasteiger partial charge in [0.25, 0.3) is 5.91 Å². The summed E-state index contributed by atoms with van der Waals surface area (Å²) < 4.78 is 0. The smallest absolute Gasteiger partial charge is 0.255 e. The number of carbonyl (C=O) groups is 1. The van der Waals surface area contributed by atoms with Gasteiger partial charge in [0.05, 0.1) is 12.2 Å². The minimum absolute atomic E-state index is 0.0641. The van der Waals surface area contributed by atoms with Crippen LogP contribution in [0.2, 0.25) is 0 Å². The molecule has 0 aliphatic heterocycles. The van der Waals surface area contributed by atoms with Gasteiger partial charge in [0.2, 0.25) is 0 Å². The van der Waals surface area contributed by atoms with E-state index in [4.69, 9.17) is 0 Å². The van der Waals surface area contributed by atoms with Crippen LogP contribution in [0, 0.1) is 0 Å². The second-order valence-electron chi connectivity index (χ2n) is 5.57. The highest BCUT2D eigenvalue weighted by Crippen LogP contribution is 2.33. The highest BCUT2D eigenvalue weighted by atomic mass is 32.1. The number of hydrogen-bond acceptors (Lipinski definition) is 3. The van der Waals surface area contributed by atoms with Crippen LogP contribution in [0.1, 0.15) is 52.9 Å². The monoisotopic (exact) mass is 279 g/mol. The van der Waals surface area contributed by atoms with Crippen LogP contribution in [0.15, 0.2) is 5.38 Å². The molecule has 2 aliphatic carbocycles. The molecule has 104 valence electrons. The van der Waals surface area contributed by atoms with E-state index in [9.17, 15) is 9.90 Å². The van der Waals surface area contributed by atoms with Crippen molar-refractivity contribution in [3.63, 3.8) is 0 Å². The molecular formula is C15H21NO2S. The Labute approximate surface area is 118 Å². The number of carbonyl (C=O) groups excluding carboxylic acids is 1. The quantitative estimate of drug-likeness (QED) is 0.920. The molecule has 1 aromatic heterocycles. The van der Waals surface area contributed by atoms with Crippen molar-refractivity contribution in [1.29, 1.82) is 0 Å². The van der Waals surface area contributed by atoms with Crippen LogP contribution in [0.3, 0.4) is 0 Å². The fourth-order valence-corrected chi connectivity index (χ4v) is 4.20. The maximum atomic E-state index is 12.7. The van der Waals surface area contributed by atoms with Gasteiger partial charge in [-0.3, -0.25) is 4.79 Å². The third-order valence-electron chi connectivity index (χ3n) is 4.41. The molecule has 0 spiro atoms. The van der Waals surface area contributed by atoms with E-state index in [0.29, 0.717) is 12.6 Å². The van der Waals surface area contributed by atoms with E-state index in [0.717, 1.165) is 31.2 Å². The zero-order chi connectivity index (χ0) is 13.2. The van der Waals surface area contributed by atoms with Gasteiger partial charge in [-0.2, -0.15) is 0 Å². The Kier molecular flexibility index (Phi) is 3.89. The van der Waals surface area contributed by atoms with E-state index in [1.54, 1.807) is 11.3 Å². The summed E-state index contributed by atoms with van der Waals surface area (Å²) in [5.41, 5.74) is 2.21. The first kappa shape index (κ1) is 13.1. The molecule has 0 atom stereocenters. The summed E-state index contributed by atoms with van der Waals surface area (Å²) in [6.45, 7) is 0.544. The van der Waals surface area contributed by atoms with Gasteiger partial charge in [-0.05, 0) is 50.5 Å². The largest absolute Gasteiger partial charge is 0.395 e. The van der Waals surface area contributed by atoms with Crippen molar-refractivity contribution in [1.82, 2.24) is 4.90 Å². The molecule has 3 rings (SSSR count). The molecule has 1 N–H and O–H groups in total. The number of nitrogens with zero attached hydrogens (tertiary/aromatic N) is 1. The third-order valence-corrected chi connectivity index (χ3v) is 5.50. The Balaban J connectivity index is 1.83. The van der Waals surface area contributed by atoms with Crippen LogP contribution in [-0.2, 0) is 12.8 Å². The van der Waals surface area contributed by atoms with E-state index < -0.39 is 0 Å². The minimum Gasteiger partial charge on any atom is -0.395 e. The number of thiophene rings is 1. The Bertz CT molecular complexity index is 465. The number of aliphatic hydroxyl groups is 1. The summed E-state index contributed by atoms with van der Waals surface area (Å²) in [5.74, 6) is 0.151. The lowest BCUT2D eigenvalue weighted by molar-refractivity contribution is 0.0525. The zero-order valence-electron chi connectivity index (χ0n) is 11.2. The van der Waals surface area contributed by atoms with Crippen LogP contribution < -0.4 is 0 Å². The Morgan fingerprint density at radius 2 is 2.11 bits per heavy atom. The van der Waals surface area contributed by atoms with E-state index in [-0.39, 0.29) is 12.5 Å². The third kappa shape index (κ3) is 2.43. The summed E-state index contributed by atoms with van der Waals surface area (Å²) in [7, 11) is 0. The Hall–Kier alpha value is -0.870. The fourth-order valence-electron chi connectivity index (χ4n) is 3.08. The van der Waals surface area contributed by atoms with Gasteiger partial charge in [0, 0.05) is 22.8 Å². The first-order valence-electron chi connectivity index (χ1n) is 7.32. The van der Waals surface area contributed by atoms with Crippen molar-refractivity contribution in [2.75, 3.05) is 13.2 Å². The molecule has 1 heterocycles. The highest BCUT2D eigenvalue weighted by Gasteiger charge is 2.31. The maximum Gasteiger partial charge on any atom is 0.255 e. The molecule has 0 bridgehead atoms. The van der Waals surface area contributed by atoms with E-state index in [1.165, 1.54) is 29.7 Å². The predicted octanol–water partition coefficient (Wildman–Crippen LogP) is 2.61. The van der Waals surface area contributed by atoms with Gasteiger partial charge in [0.1, 0.15) is 0 Å². The number of amides is 1. The van der Waals surface area contributed by atoms with Gasteiger partial charge >= 0.3 is 0 Å². The predicted molar refractivity (Wildman–Crippen MR) is 76.7 cm³/mol. The van der Waals surface area contributed by atoms with Gasteiger partial charge < -0.3 is 10.0 Å². The summed E-state index contributed by atoms with van der Waals surface area (Å²) in [5, 5.41) is 11.2. The molecule has 0 saturated heterocycles. The van der Waals surface area contributed by atoms with Crippen LogP contribution in [0.25, 0.3) is 0 Å². The molecule has 0 radical (unpaired) electrons. The Morgan fingerprint density at radius 3 is 2.79 bits per heavy atom. The normalized spacial score (nSPS) is 18.8. The lowest BCUT2D eigenvalue weighted by Gasteiger charge is -2.37. The number of aryl methyl sites for hydroxylation is 1. The summed E-state index contributed by atoms with van der Waals surface area (Å²) in [4.78, 5) is 16.0. The van der Waals surface area contributed by atoms with Crippen LogP contribution in [0.5, 0.6) is 0 Å². The van der Waals surface area contributed by atoms with Crippen LogP contribution >= 0.6 is 11.3 Å². The van der Waals surface area contributed by atoms with Crippen molar-refractivity contribution in [3.05, 3.63) is 21.4 Å². The number of aliphatic hydroxyl groups excluding tert-OH is 1. The SMILES string of the molecule is O=C(c1csc2c1CCCC2)N(CCO)C1CCC1. The van der Waals surface area contributed by atoms with Crippen LogP contribution in [-0.4, -0.2) is 35.1 Å². The van der Waals surface area contributed by atoms with Gasteiger partial charge in [-0.25, -0.2) is 0 Å². The molecule has 2 aliphatic rings. The van der Waals surface area contributed by atoms with Gasteiger partial charge in [-0.15, -0.1) is 11.3 Å². The highest BCUT2D eigenvalue weighted by molar-refractivity contribution is 7.10. The minimum atomic E-state index is 0.0641. The van der Waals surface area contributed by atoms with Gasteiger partial charge in [0.15, 0.2) is 0 Å². The molecule has 1 aromatic rings. The van der Waals surface area contributed by atoms with E-state index in [1.807, 2.05) is 10.3 Å². The molecule has 4 heteroatoms. The molecule has 1 saturated carbocycles. The fraction of sp³-hybridized carbons (Fsp3) is 0.667. The van der Waals surface area contributed by atoms with Crippen molar-refractivity contribution in [2.24, 2.45) is 0 Å². The lowest BCUT2D eigenvalue weighted by Crippen LogP contribution is -2.45. The molecular weight excluding hydrogens is 258 g/mol. The first-order valence-corrected chi connectivity index (χ1v) is 8.20. The number of hydrogen-bond donors (Lipinski definition) is 1. The van der Waals surface area contributed by atoms with Crippen molar-refractivity contribution >= 4 is 17.2 Å². The van der Waals surface area contributed by atoms with E-state index >= 15 is 0 Å². The number of rotatable bonds is 4. The average Bonchev–Trinajstić information content (AvgIpc) is 2.79. The summed E-state index contributed by atoms with van der Waals surface area (Å²) >= 11 is 1.74. The van der Waals surface area contributed by atoms with Crippen LogP contribution in [0.4, 0.5) is 0 Å². The summed E-state index contributed by atoms with van der Waals surface area (Å²) in [6.07, 6.45) is 8.05. The van der Waals surface area contributed by atoms with E-state index in [2.05, 4.69) is 0 Å². The standard InChI is InChI=1S/C15H21NO2S/c17-9-8-16(11-4-3-5-11)15(18)13-10-19-14-7-2-1-6-12(13)14/h10-11,17H,1-9H2. The lowest BCUT2D eigenvalue weighted by atomic mass is 9.90. The molecule has 1 fully saturated rings. The van der Waals surface area contributed by atoms with Crippen molar-refractivity contribution in [3.8, 4) is 0 Å². The molecule has 0 unspecified atom stereocenters. The number of fused-ring (bicyclic) bond motifs is 1. The Morgan fingerprint density at radius 1 is 1.32 bits per heavy atom. The van der Waals surface area contributed by atoms with Gasteiger partial charge in [-0.1, -0.05) is 0 Å². The molecule has 19 heavy (non-hydrogen) atoms. The zero-order valence-corrected chi connectivity index (χ0v) is 12.0. The second-order valence-corrected chi connectivity index (χ2v) is 6.53. The average molecular weight is 279 g/mol. The van der Waals surface area contributed by atoms with Crippen molar-refractivity contribution < 1.29 is 9.90 Å². The maximum absolute atomic E-state index is 12.7. The molecule has 0 aromatic carbocycles. The molecule has 1 amide bonds. The molecule has 3 nitrogen and oxygen atoms in total. The topological polar surface area (TPSA) is 40.5 Å². The first-order chi connectivity index (χ1) is 9.31.